The van der Waals surface area contributed by atoms with Gasteiger partial charge in [0.15, 0.2) is 0 Å². The molecule has 0 saturated heterocycles. The summed E-state index contributed by atoms with van der Waals surface area (Å²) in [6, 6.07) is 0. The largest absolute Gasteiger partial charge is 0.325 e. The molecule has 2 heteroatoms. The first-order valence-electron chi connectivity index (χ1n) is 4.89. The second kappa shape index (κ2) is 4.27. The van der Waals surface area contributed by atoms with E-state index in [1.807, 2.05) is 0 Å². The molecule has 2 N–H and O–H groups in total. The zero-order valence-electron chi connectivity index (χ0n) is 8.15. The van der Waals surface area contributed by atoms with Crippen LogP contribution in [0, 0.1) is 11.8 Å². The van der Waals surface area contributed by atoms with E-state index in [0.717, 1.165) is 11.8 Å². The first kappa shape index (κ1) is 10.8. The van der Waals surface area contributed by atoms with Gasteiger partial charge in [-0.25, -0.2) is 0 Å². The van der Waals surface area contributed by atoms with E-state index in [4.69, 9.17) is 5.73 Å². The van der Waals surface area contributed by atoms with Crippen molar-refractivity contribution in [1.29, 1.82) is 0 Å². The van der Waals surface area contributed by atoms with E-state index in [2.05, 4.69) is 36.4 Å². The lowest BCUT2D eigenvalue weighted by atomic mass is 9.74. The predicted molar refractivity (Wildman–Crippen MR) is 62.6 cm³/mol. The summed E-state index contributed by atoms with van der Waals surface area (Å²) in [4.78, 5) is 0. The van der Waals surface area contributed by atoms with Gasteiger partial charge in [-0.3, -0.25) is 0 Å². The van der Waals surface area contributed by atoms with Gasteiger partial charge >= 0.3 is 0 Å². The molecule has 0 unspecified atom stereocenters. The van der Waals surface area contributed by atoms with E-state index in [1.165, 1.54) is 30.1 Å². The smallest absolute Gasteiger partial charge is 0.0125 e. The van der Waals surface area contributed by atoms with Crippen LogP contribution in [-0.4, -0.2) is 9.97 Å². The summed E-state index contributed by atoms with van der Waals surface area (Å²) in [7, 11) is 0. The molecule has 0 aliphatic heterocycles. The van der Waals surface area contributed by atoms with Crippen LogP contribution in [0.1, 0.15) is 39.5 Å². The minimum atomic E-state index is 0.0518. The molecule has 0 aromatic heterocycles. The van der Waals surface area contributed by atoms with Crippen LogP contribution in [0.25, 0.3) is 0 Å². The lowest BCUT2D eigenvalue weighted by Crippen LogP contribution is -2.42. The maximum atomic E-state index is 6.10. The van der Waals surface area contributed by atoms with Gasteiger partial charge in [0.25, 0.3) is 0 Å². The van der Waals surface area contributed by atoms with Crippen molar-refractivity contribution in [3.63, 3.8) is 0 Å². The highest BCUT2D eigenvalue weighted by atomic mass is 127. The Hall–Kier alpha value is 0.690. The Kier molecular flexibility index (Phi) is 3.83. The fourth-order valence-corrected chi connectivity index (χ4v) is 2.94. The SMILES string of the molecule is CC(C)(N)C1CCC(CI)CC1. The van der Waals surface area contributed by atoms with Gasteiger partial charge in [-0.15, -0.1) is 0 Å². The number of hydrogen-bond donors (Lipinski definition) is 1. The molecular formula is C10H20IN. The molecule has 1 rings (SSSR count). The third kappa shape index (κ3) is 2.87. The Morgan fingerprint density at radius 3 is 2.08 bits per heavy atom. The van der Waals surface area contributed by atoms with Crippen molar-refractivity contribution in [2.75, 3.05) is 4.43 Å². The lowest BCUT2D eigenvalue weighted by Gasteiger charge is -2.36. The Morgan fingerprint density at radius 1 is 1.25 bits per heavy atom. The molecule has 1 fully saturated rings. The summed E-state index contributed by atoms with van der Waals surface area (Å²) in [6.07, 6.45) is 5.48. The molecule has 1 saturated carbocycles. The Bertz CT molecular complexity index is 131. The van der Waals surface area contributed by atoms with E-state index < -0.39 is 0 Å². The summed E-state index contributed by atoms with van der Waals surface area (Å²) in [5.74, 6) is 1.74. The average Bonchev–Trinajstić information content (AvgIpc) is 2.03. The minimum Gasteiger partial charge on any atom is -0.325 e. The molecule has 0 radical (unpaired) electrons. The molecule has 0 spiro atoms. The highest BCUT2D eigenvalue weighted by molar-refractivity contribution is 14.1. The standard InChI is InChI=1S/C10H20IN/c1-10(2,12)9-5-3-8(7-11)4-6-9/h8-9H,3-7,12H2,1-2H3. The van der Waals surface area contributed by atoms with Gasteiger partial charge in [-0.1, -0.05) is 22.6 Å². The van der Waals surface area contributed by atoms with Crippen LogP contribution < -0.4 is 5.73 Å². The Morgan fingerprint density at radius 2 is 1.75 bits per heavy atom. The van der Waals surface area contributed by atoms with Crippen molar-refractivity contribution in [3.05, 3.63) is 0 Å². The van der Waals surface area contributed by atoms with Crippen LogP contribution in [0.4, 0.5) is 0 Å². The Balaban J connectivity index is 2.36. The minimum absolute atomic E-state index is 0.0518. The van der Waals surface area contributed by atoms with Gasteiger partial charge in [-0.2, -0.15) is 0 Å². The summed E-state index contributed by atoms with van der Waals surface area (Å²) in [5.41, 5.74) is 6.15. The fraction of sp³-hybridized carbons (Fsp3) is 1.00. The van der Waals surface area contributed by atoms with E-state index in [0.29, 0.717) is 0 Å². The molecule has 72 valence electrons. The van der Waals surface area contributed by atoms with E-state index in [-0.39, 0.29) is 5.54 Å². The van der Waals surface area contributed by atoms with Gasteiger partial charge in [0.05, 0.1) is 0 Å². The van der Waals surface area contributed by atoms with Crippen LogP contribution in [0.2, 0.25) is 0 Å². The molecule has 0 bridgehead atoms. The molecule has 1 nitrogen and oxygen atoms in total. The summed E-state index contributed by atoms with van der Waals surface area (Å²) in [5, 5.41) is 0. The number of alkyl halides is 1. The first-order chi connectivity index (χ1) is 5.54. The number of hydrogen-bond acceptors (Lipinski definition) is 1. The second-order valence-electron chi connectivity index (χ2n) is 4.69. The highest BCUT2D eigenvalue weighted by Crippen LogP contribution is 2.34. The molecule has 0 aromatic carbocycles. The van der Waals surface area contributed by atoms with Gasteiger partial charge in [-0.05, 0) is 51.4 Å². The monoisotopic (exact) mass is 281 g/mol. The van der Waals surface area contributed by atoms with Crippen molar-refractivity contribution in [1.82, 2.24) is 0 Å². The molecule has 0 aromatic rings. The second-order valence-corrected chi connectivity index (χ2v) is 5.57. The van der Waals surface area contributed by atoms with Crippen molar-refractivity contribution in [2.45, 2.75) is 45.1 Å². The van der Waals surface area contributed by atoms with E-state index in [1.54, 1.807) is 0 Å². The van der Waals surface area contributed by atoms with E-state index >= 15 is 0 Å². The molecule has 1 aliphatic rings. The third-order valence-corrected chi connectivity index (χ3v) is 4.36. The summed E-state index contributed by atoms with van der Waals surface area (Å²) in [6.45, 7) is 4.34. The topological polar surface area (TPSA) is 26.0 Å². The van der Waals surface area contributed by atoms with Crippen LogP contribution in [0.5, 0.6) is 0 Å². The summed E-state index contributed by atoms with van der Waals surface area (Å²) >= 11 is 2.50. The fourth-order valence-electron chi connectivity index (χ4n) is 2.06. The molecule has 0 amide bonds. The molecule has 1 aliphatic carbocycles. The average molecular weight is 281 g/mol. The first-order valence-corrected chi connectivity index (χ1v) is 6.41. The van der Waals surface area contributed by atoms with Crippen molar-refractivity contribution in [3.8, 4) is 0 Å². The maximum Gasteiger partial charge on any atom is 0.0125 e. The number of halogens is 1. The van der Waals surface area contributed by atoms with Gasteiger partial charge in [0, 0.05) is 9.97 Å². The molecule has 12 heavy (non-hydrogen) atoms. The quantitative estimate of drug-likeness (QED) is 0.611. The highest BCUT2D eigenvalue weighted by Gasteiger charge is 2.29. The number of nitrogens with two attached hydrogens (primary N) is 1. The van der Waals surface area contributed by atoms with Crippen LogP contribution >= 0.6 is 22.6 Å². The van der Waals surface area contributed by atoms with Gasteiger partial charge < -0.3 is 5.73 Å². The van der Waals surface area contributed by atoms with Gasteiger partial charge in [0.2, 0.25) is 0 Å². The number of rotatable bonds is 2. The van der Waals surface area contributed by atoms with Crippen LogP contribution in [-0.2, 0) is 0 Å². The summed E-state index contributed by atoms with van der Waals surface area (Å²) < 4.78 is 1.33. The maximum absolute atomic E-state index is 6.10. The predicted octanol–water partition coefficient (Wildman–Crippen LogP) is 2.97. The lowest BCUT2D eigenvalue weighted by molar-refractivity contribution is 0.208. The van der Waals surface area contributed by atoms with Crippen molar-refractivity contribution >= 4 is 22.6 Å². The third-order valence-electron chi connectivity index (χ3n) is 3.12. The normalized spacial score (nSPS) is 32.0. The van der Waals surface area contributed by atoms with Gasteiger partial charge in [0.1, 0.15) is 0 Å². The Labute approximate surface area is 89.6 Å². The molecule has 0 heterocycles. The molecule has 0 atom stereocenters. The van der Waals surface area contributed by atoms with Crippen molar-refractivity contribution < 1.29 is 0 Å². The zero-order valence-corrected chi connectivity index (χ0v) is 10.3. The zero-order chi connectivity index (χ0) is 9.19. The van der Waals surface area contributed by atoms with Crippen LogP contribution in [0.3, 0.4) is 0 Å². The van der Waals surface area contributed by atoms with Crippen molar-refractivity contribution in [2.24, 2.45) is 17.6 Å². The van der Waals surface area contributed by atoms with Crippen LogP contribution in [0.15, 0.2) is 0 Å². The molecular weight excluding hydrogens is 261 g/mol. The van der Waals surface area contributed by atoms with E-state index in [9.17, 15) is 0 Å².